The molecular weight excluding hydrogens is 348 g/mol. The molecule has 1 heterocycles. The van der Waals surface area contributed by atoms with Crippen LogP contribution in [0.15, 0.2) is 48.5 Å². The zero-order valence-corrected chi connectivity index (χ0v) is 16.0. The van der Waals surface area contributed by atoms with E-state index < -0.39 is 0 Å². The van der Waals surface area contributed by atoms with E-state index in [4.69, 9.17) is 16.3 Å². The van der Waals surface area contributed by atoms with Gasteiger partial charge in [0.25, 0.3) is 5.91 Å². The number of benzene rings is 2. The van der Waals surface area contributed by atoms with Crippen molar-refractivity contribution in [3.05, 3.63) is 70.4 Å². The van der Waals surface area contributed by atoms with Gasteiger partial charge in [-0.25, -0.2) is 0 Å². The highest BCUT2D eigenvalue weighted by atomic mass is 35.5. The molecule has 0 aliphatic carbocycles. The highest BCUT2D eigenvalue weighted by Gasteiger charge is 2.21. The van der Waals surface area contributed by atoms with Crippen LogP contribution in [0.1, 0.15) is 34.6 Å². The van der Waals surface area contributed by atoms with Crippen molar-refractivity contribution in [2.75, 3.05) is 14.2 Å². The summed E-state index contributed by atoms with van der Waals surface area (Å²) in [5, 5.41) is 1.56. The highest BCUT2D eigenvalue weighted by Crippen LogP contribution is 2.26. The van der Waals surface area contributed by atoms with Crippen LogP contribution in [0.5, 0.6) is 5.75 Å². The first kappa shape index (κ1) is 18.2. The van der Waals surface area contributed by atoms with Gasteiger partial charge in [0.1, 0.15) is 5.75 Å². The van der Waals surface area contributed by atoms with Crippen LogP contribution in [0.3, 0.4) is 0 Å². The number of carbonyl (C=O) groups excluding carboxylic acids is 1. The number of fused-ring (bicyclic) bond motifs is 1. The Kier molecular flexibility index (Phi) is 5.14. The fraction of sp³-hybridized carbons (Fsp3) is 0.238. The second kappa shape index (κ2) is 7.34. The molecule has 4 nitrogen and oxygen atoms in total. The number of hydrogen-bond donors (Lipinski definition) is 0. The van der Waals surface area contributed by atoms with Crippen molar-refractivity contribution in [2.24, 2.45) is 0 Å². The molecule has 0 fully saturated rings. The largest absolute Gasteiger partial charge is 0.497 e. The first-order valence-corrected chi connectivity index (χ1v) is 8.76. The molecule has 0 aliphatic rings. The monoisotopic (exact) mass is 368 g/mol. The third-order valence-corrected chi connectivity index (χ3v) is 4.95. The van der Waals surface area contributed by atoms with Crippen LogP contribution in [-0.4, -0.2) is 29.9 Å². The van der Waals surface area contributed by atoms with Crippen LogP contribution < -0.4 is 4.74 Å². The molecule has 0 saturated carbocycles. The lowest BCUT2D eigenvalue weighted by Crippen LogP contribution is -2.30. The van der Waals surface area contributed by atoms with Gasteiger partial charge >= 0.3 is 0 Å². The van der Waals surface area contributed by atoms with E-state index in [2.05, 4.69) is 4.98 Å². The van der Waals surface area contributed by atoms with Crippen molar-refractivity contribution in [3.8, 4) is 5.75 Å². The average Bonchev–Trinajstić information content (AvgIpc) is 2.66. The molecule has 0 N–H and O–H groups in total. The summed E-state index contributed by atoms with van der Waals surface area (Å²) in [6.45, 7) is 3.85. The third kappa shape index (κ3) is 3.51. The van der Waals surface area contributed by atoms with Crippen molar-refractivity contribution in [2.45, 2.75) is 19.9 Å². The summed E-state index contributed by atoms with van der Waals surface area (Å²) in [4.78, 5) is 19.4. The predicted octanol–water partition coefficient (Wildman–Crippen LogP) is 5.04. The molecule has 1 amide bonds. The maximum atomic E-state index is 13.1. The van der Waals surface area contributed by atoms with Gasteiger partial charge in [0, 0.05) is 17.5 Å². The molecule has 5 heteroatoms. The van der Waals surface area contributed by atoms with E-state index >= 15 is 0 Å². The van der Waals surface area contributed by atoms with Crippen LogP contribution in [-0.2, 0) is 0 Å². The number of carbonyl (C=O) groups is 1. The quantitative estimate of drug-likeness (QED) is 0.648. The molecular formula is C21H21ClN2O2. The summed E-state index contributed by atoms with van der Waals surface area (Å²) in [5.41, 5.74) is 3.17. The summed E-state index contributed by atoms with van der Waals surface area (Å²) in [6, 6.07) is 15.0. The molecule has 3 rings (SSSR count). The van der Waals surface area contributed by atoms with Crippen molar-refractivity contribution in [1.29, 1.82) is 0 Å². The molecule has 0 radical (unpaired) electrons. The van der Waals surface area contributed by atoms with E-state index in [0.717, 1.165) is 22.2 Å². The standard InChI is InChI=1S/C21H21ClN2O2/c1-13-19(12-16-11-18(26-4)9-10-20(16)23-13)21(25)24(3)14(2)15-5-7-17(22)8-6-15/h5-12,14H,1-4H3. The second-order valence-corrected chi connectivity index (χ2v) is 6.76. The molecule has 0 aliphatic heterocycles. The molecule has 0 bridgehead atoms. The van der Waals surface area contributed by atoms with Gasteiger partial charge in [-0.3, -0.25) is 9.78 Å². The van der Waals surface area contributed by atoms with Crippen LogP contribution in [0.25, 0.3) is 10.9 Å². The van der Waals surface area contributed by atoms with Gasteiger partial charge in [0.15, 0.2) is 0 Å². The number of halogens is 1. The zero-order chi connectivity index (χ0) is 18.8. The number of aromatic nitrogens is 1. The van der Waals surface area contributed by atoms with Crippen LogP contribution in [0.4, 0.5) is 0 Å². The summed E-state index contributed by atoms with van der Waals surface area (Å²) in [5.74, 6) is 0.673. The Morgan fingerprint density at radius 3 is 2.50 bits per heavy atom. The zero-order valence-electron chi connectivity index (χ0n) is 15.3. The van der Waals surface area contributed by atoms with Gasteiger partial charge in [-0.1, -0.05) is 23.7 Å². The van der Waals surface area contributed by atoms with E-state index in [1.165, 1.54) is 0 Å². The number of hydrogen-bond acceptors (Lipinski definition) is 3. The van der Waals surface area contributed by atoms with E-state index in [1.54, 1.807) is 19.1 Å². The van der Waals surface area contributed by atoms with Crippen LogP contribution in [0.2, 0.25) is 5.02 Å². The molecule has 1 atom stereocenters. The molecule has 0 spiro atoms. The van der Waals surface area contributed by atoms with Gasteiger partial charge in [0.2, 0.25) is 0 Å². The topological polar surface area (TPSA) is 42.4 Å². The minimum absolute atomic E-state index is 0.0674. The van der Waals surface area contributed by atoms with Gasteiger partial charge in [-0.05, 0) is 55.8 Å². The number of pyridine rings is 1. The summed E-state index contributed by atoms with van der Waals surface area (Å²) in [7, 11) is 3.42. The number of ether oxygens (including phenoxy) is 1. The fourth-order valence-corrected chi connectivity index (χ4v) is 3.05. The Morgan fingerprint density at radius 2 is 1.85 bits per heavy atom. The Bertz CT molecular complexity index is 954. The highest BCUT2D eigenvalue weighted by molar-refractivity contribution is 6.30. The molecule has 26 heavy (non-hydrogen) atoms. The smallest absolute Gasteiger partial charge is 0.255 e. The maximum absolute atomic E-state index is 13.1. The Balaban J connectivity index is 1.95. The van der Waals surface area contributed by atoms with Gasteiger partial charge < -0.3 is 9.64 Å². The lowest BCUT2D eigenvalue weighted by molar-refractivity contribution is 0.0741. The number of nitrogens with zero attached hydrogens (tertiary/aromatic N) is 2. The van der Waals surface area contributed by atoms with E-state index in [1.807, 2.05) is 62.4 Å². The summed E-state index contributed by atoms with van der Waals surface area (Å²) >= 11 is 5.96. The van der Waals surface area contributed by atoms with E-state index in [0.29, 0.717) is 16.3 Å². The second-order valence-electron chi connectivity index (χ2n) is 6.32. The molecule has 1 unspecified atom stereocenters. The Labute approximate surface area is 158 Å². The third-order valence-electron chi connectivity index (χ3n) is 4.70. The maximum Gasteiger partial charge on any atom is 0.255 e. The predicted molar refractivity (Wildman–Crippen MR) is 105 cm³/mol. The Morgan fingerprint density at radius 1 is 1.15 bits per heavy atom. The van der Waals surface area contributed by atoms with Crippen molar-refractivity contribution >= 4 is 28.4 Å². The van der Waals surface area contributed by atoms with Crippen LogP contribution in [0, 0.1) is 6.92 Å². The lowest BCUT2D eigenvalue weighted by Gasteiger charge is -2.26. The average molecular weight is 369 g/mol. The van der Waals surface area contributed by atoms with Gasteiger partial charge in [-0.15, -0.1) is 0 Å². The van der Waals surface area contributed by atoms with Gasteiger partial charge in [-0.2, -0.15) is 0 Å². The lowest BCUT2D eigenvalue weighted by atomic mass is 10.0. The van der Waals surface area contributed by atoms with Crippen molar-refractivity contribution in [1.82, 2.24) is 9.88 Å². The first-order valence-electron chi connectivity index (χ1n) is 8.38. The minimum Gasteiger partial charge on any atom is -0.497 e. The number of rotatable bonds is 4. The molecule has 1 aromatic heterocycles. The van der Waals surface area contributed by atoms with E-state index in [9.17, 15) is 4.79 Å². The van der Waals surface area contributed by atoms with Crippen molar-refractivity contribution < 1.29 is 9.53 Å². The van der Waals surface area contributed by atoms with Gasteiger partial charge in [0.05, 0.1) is 29.9 Å². The Hall–Kier alpha value is -2.59. The fourth-order valence-electron chi connectivity index (χ4n) is 2.93. The molecule has 3 aromatic rings. The van der Waals surface area contributed by atoms with Crippen LogP contribution >= 0.6 is 11.6 Å². The number of methoxy groups -OCH3 is 1. The molecule has 134 valence electrons. The summed E-state index contributed by atoms with van der Waals surface area (Å²) < 4.78 is 5.27. The molecule has 2 aromatic carbocycles. The number of aryl methyl sites for hydroxylation is 1. The first-order chi connectivity index (χ1) is 12.4. The van der Waals surface area contributed by atoms with Crippen molar-refractivity contribution in [3.63, 3.8) is 0 Å². The molecule has 0 saturated heterocycles. The summed E-state index contributed by atoms with van der Waals surface area (Å²) in [6.07, 6.45) is 0. The SMILES string of the molecule is COc1ccc2nc(C)c(C(=O)N(C)C(C)c3ccc(Cl)cc3)cc2c1. The minimum atomic E-state index is -0.0832. The number of amides is 1. The normalized spacial score (nSPS) is 12.0. The van der Waals surface area contributed by atoms with E-state index in [-0.39, 0.29) is 11.9 Å².